The Morgan fingerprint density at radius 3 is 2.42 bits per heavy atom. The Morgan fingerprint density at radius 2 is 1.83 bits per heavy atom. The molecular formula is C16H22N2O5S. The Kier molecular flexibility index (Phi) is 6.33. The lowest BCUT2D eigenvalue weighted by Gasteiger charge is -2.30. The number of hydrogen-bond acceptors (Lipinski definition) is 5. The van der Waals surface area contributed by atoms with E-state index < -0.39 is 10.0 Å². The second-order valence-corrected chi connectivity index (χ2v) is 7.58. The molecule has 0 atom stereocenters. The minimum Gasteiger partial charge on any atom is -0.464 e. The SMILES string of the molecule is CC(=O)NCCOC(=O)C1CCN(S(=O)(=O)c2ccccc2)CC1. The summed E-state index contributed by atoms with van der Waals surface area (Å²) >= 11 is 0. The van der Waals surface area contributed by atoms with Crippen molar-refractivity contribution in [3.05, 3.63) is 30.3 Å². The van der Waals surface area contributed by atoms with Crippen LogP contribution in [0.3, 0.4) is 0 Å². The molecule has 0 aliphatic carbocycles. The molecule has 1 N–H and O–H groups in total. The van der Waals surface area contributed by atoms with Crippen LogP contribution in [0.5, 0.6) is 0 Å². The van der Waals surface area contributed by atoms with E-state index in [1.54, 1.807) is 30.3 Å². The van der Waals surface area contributed by atoms with Gasteiger partial charge in [0.25, 0.3) is 0 Å². The van der Waals surface area contributed by atoms with Crippen LogP contribution in [0.4, 0.5) is 0 Å². The van der Waals surface area contributed by atoms with Gasteiger partial charge in [0.15, 0.2) is 0 Å². The molecule has 0 saturated carbocycles. The maximum atomic E-state index is 12.5. The average molecular weight is 354 g/mol. The van der Waals surface area contributed by atoms with Crippen molar-refractivity contribution in [2.45, 2.75) is 24.7 Å². The fourth-order valence-electron chi connectivity index (χ4n) is 2.57. The highest BCUT2D eigenvalue weighted by atomic mass is 32.2. The van der Waals surface area contributed by atoms with Gasteiger partial charge in [-0.15, -0.1) is 0 Å². The first-order valence-electron chi connectivity index (χ1n) is 7.87. The molecule has 0 aromatic heterocycles. The van der Waals surface area contributed by atoms with Crippen LogP contribution < -0.4 is 5.32 Å². The van der Waals surface area contributed by atoms with Crippen LogP contribution in [-0.4, -0.2) is 50.8 Å². The van der Waals surface area contributed by atoms with Crippen LogP contribution >= 0.6 is 0 Å². The molecule has 1 aromatic carbocycles. The largest absolute Gasteiger partial charge is 0.464 e. The van der Waals surface area contributed by atoms with E-state index >= 15 is 0 Å². The second-order valence-electron chi connectivity index (χ2n) is 5.64. The molecule has 1 aliphatic rings. The number of amides is 1. The molecule has 7 nitrogen and oxygen atoms in total. The summed E-state index contributed by atoms with van der Waals surface area (Å²) in [5.74, 6) is -0.813. The number of nitrogens with one attached hydrogen (secondary N) is 1. The standard InChI is InChI=1S/C16H22N2O5S/c1-13(19)17-9-12-23-16(20)14-7-10-18(11-8-14)24(21,22)15-5-3-2-4-6-15/h2-6,14H,7-12H2,1H3,(H,17,19). The topological polar surface area (TPSA) is 92.8 Å². The highest BCUT2D eigenvalue weighted by Crippen LogP contribution is 2.24. The number of ether oxygens (including phenoxy) is 1. The van der Waals surface area contributed by atoms with E-state index in [9.17, 15) is 18.0 Å². The Balaban J connectivity index is 1.83. The number of carbonyl (C=O) groups is 2. The summed E-state index contributed by atoms with van der Waals surface area (Å²) in [5.41, 5.74) is 0. The molecule has 0 bridgehead atoms. The fourth-order valence-corrected chi connectivity index (χ4v) is 4.06. The summed E-state index contributed by atoms with van der Waals surface area (Å²) < 4.78 is 31.5. The van der Waals surface area contributed by atoms with Crippen molar-refractivity contribution in [3.8, 4) is 0 Å². The van der Waals surface area contributed by atoms with Crippen LogP contribution in [0, 0.1) is 5.92 Å². The number of sulfonamides is 1. The zero-order chi connectivity index (χ0) is 17.6. The third-order valence-electron chi connectivity index (χ3n) is 3.89. The Hall–Kier alpha value is -1.93. The maximum Gasteiger partial charge on any atom is 0.309 e. The minimum absolute atomic E-state index is 0.126. The summed E-state index contributed by atoms with van der Waals surface area (Å²) in [6.45, 7) is 2.39. The molecule has 1 saturated heterocycles. The number of hydrogen-bond donors (Lipinski definition) is 1. The van der Waals surface area contributed by atoms with Crippen LogP contribution in [0.25, 0.3) is 0 Å². The third-order valence-corrected chi connectivity index (χ3v) is 5.80. The van der Waals surface area contributed by atoms with E-state index in [4.69, 9.17) is 4.74 Å². The van der Waals surface area contributed by atoms with Crippen LogP contribution in [0.1, 0.15) is 19.8 Å². The molecule has 0 radical (unpaired) electrons. The number of benzene rings is 1. The summed E-state index contributed by atoms with van der Waals surface area (Å²) in [5, 5.41) is 2.55. The van der Waals surface area contributed by atoms with Gasteiger partial charge in [0.2, 0.25) is 15.9 Å². The lowest BCUT2D eigenvalue weighted by Crippen LogP contribution is -2.40. The average Bonchev–Trinajstić information content (AvgIpc) is 2.59. The Morgan fingerprint density at radius 1 is 1.21 bits per heavy atom. The first-order valence-corrected chi connectivity index (χ1v) is 9.31. The molecule has 24 heavy (non-hydrogen) atoms. The highest BCUT2D eigenvalue weighted by molar-refractivity contribution is 7.89. The van der Waals surface area contributed by atoms with Gasteiger partial charge in [-0.1, -0.05) is 18.2 Å². The van der Waals surface area contributed by atoms with Gasteiger partial charge in [0.05, 0.1) is 17.4 Å². The normalized spacial score (nSPS) is 16.5. The monoisotopic (exact) mass is 354 g/mol. The third kappa shape index (κ3) is 4.78. The van der Waals surface area contributed by atoms with Gasteiger partial charge in [-0.2, -0.15) is 4.31 Å². The first-order chi connectivity index (χ1) is 11.4. The van der Waals surface area contributed by atoms with E-state index in [-0.39, 0.29) is 35.8 Å². The summed E-state index contributed by atoms with van der Waals surface area (Å²) in [6.07, 6.45) is 0.871. The van der Waals surface area contributed by atoms with Gasteiger partial charge in [0.1, 0.15) is 6.61 Å². The maximum absolute atomic E-state index is 12.5. The Labute approximate surface area is 142 Å². The lowest BCUT2D eigenvalue weighted by atomic mass is 9.98. The number of nitrogens with zero attached hydrogens (tertiary/aromatic N) is 1. The second kappa shape index (κ2) is 8.25. The van der Waals surface area contributed by atoms with Crippen LogP contribution in [-0.2, 0) is 24.3 Å². The van der Waals surface area contributed by atoms with Crippen molar-refractivity contribution in [2.75, 3.05) is 26.2 Å². The summed E-state index contributed by atoms with van der Waals surface area (Å²) in [4.78, 5) is 23.0. The molecule has 1 heterocycles. The smallest absolute Gasteiger partial charge is 0.309 e. The van der Waals surface area contributed by atoms with Crippen LogP contribution in [0.2, 0.25) is 0 Å². The molecule has 1 amide bonds. The van der Waals surface area contributed by atoms with Gasteiger partial charge in [-0.05, 0) is 25.0 Å². The zero-order valence-corrected chi connectivity index (χ0v) is 14.4. The summed E-state index contributed by atoms with van der Waals surface area (Å²) in [6, 6.07) is 8.27. The number of esters is 1. The van der Waals surface area contributed by atoms with Gasteiger partial charge in [-0.25, -0.2) is 8.42 Å². The van der Waals surface area contributed by atoms with Gasteiger partial charge < -0.3 is 10.1 Å². The molecule has 132 valence electrons. The lowest BCUT2D eigenvalue weighted by molar-refractivity contribution is -0.150. The van der Waals surface area contributed by atoms with Crippen molar-refractivity contribution in [2.24, 2.45) is 5.92 Å². The number of rotatable bonds is 6. The van der Waals surface area contributed by atoms with Crippen molar-refractivity contribution in [3.63, 3.8) is 0 Å². The van der Waals surface area contributed by atoms with Crippen molar-refractivity contribution >= 4 is 21.9 Å². The molecule has 1 fully saturated rings. The predicted octanol–water partition coefficient (Wildman–Crippen LogP) is 0.767. The van der Waals surface area contributed by atoms with Gasteiger partial charge in [-0.3, -0.25) is 9.59 Å². The molecule has 0 spiro atoms. The quantitative estimate of drug-likeness (QED) is 0.602. The minimum atomic E-state index is -3.51. The predicted molar refractivity (Wildman–Crippen MR) is 87.6 cm³/mol. The van der Waals surface area contributed by atoms with Crippen molar-refractivity contribution < 1.29 is 22.7 Å². The molecular weight excluding hydrogens is 332 g/mol. The van der Waals surface area contributed by atoms with E-state index in [0.29, 0.717) is 25.9 Å². The van der Waals surface area contributed by atoms with E-state index in [0.717, 1.165) is 0 Å². The summed E-state index contributed by atoms with van der Waals surface area (Å²) in [7, 11) is -3.51. The van der Waals surface area contributed by atoms with E-state index in [2.05, 4.69) is 5.32 Å². The molecule has 0 unspecified atom stereocenters. The molecule has 2 rings (SSSR count). The van der Waals surface area contributed by atoms with Crippen molar-refractivity contribution in [1.82, 2.24) is 9.62 Å². The van der Waals surface area contributed by atoms with Gasteiger partial charge >= 0.3 is 5.97 Å². The Bertz CT molecular complexity index is 667. The fraction of sp³-hybridized carbons (Fsp3) is 0.500. The van der Waals surface area contributed by atoms with Crippen molar-refractivity contribution in [1.29, 1.82) is 0 Å². The number of carbonyl (C=O) groups excluding carboxylic acids is 2. The van der Waals surface area contributed by atoms with Crippen LogP contribution in [0.15, 0.2) is 35.2 Å². The molecule has 8 heteroatoms. The zero-order valence-electron chi connectivity index (χ0n) is 13.6. The first kappa shape index (κ1) is 18.4. The van der Waals surface area contributed by atoms with E-state index in [1.807, 2.05) is 0 Å². The van der Waals surface area contributed by atoms with Gasteiger partial charge in [0, 0.05) is 20.0 Å². The number of piperidine rings is 1. The highest BCUT2D eigenvalue weighted by Gasteiger charge is 2.32. The molecule has 1 aliphatic heterocycles. The molecule has 1 aromatic rings. The van der Waals surface area contributed by atoms with E-state index in [1.165, 1.54) is 11.2 Å².